The predicted molar refractivity (Wildman–Crippen MR) is 71.1 cm³/mol. The first kappa shape index (κ1) is 12.6. The average Bonchev–Trinajstić information content (AvgIpc) is 2.82. The van der Waals surface area contributed by atoms with Crippen LogP contribution in [0, 0.1) is 0 Å². The monoisotopic (exact) mass is 261 g/mol. The van der Waals surface area contributed by atoms with Gasteiger partial charge in [0.1, 0.15) is 0 Å². The molecule has 4 nitrogen and oxygen atoms in total. The number of nitrogens with zero attached hydrogens (tertiary/aromatic N) is 1. The number of fused-ring (bicyclic) bond motifs is 1. The Balaban J connectivity index is 1.82. The first-order valence-electron chi connectivity index (χ1n) is 6.89. The molecule has 2 aliphatic rings. The number of aliphatic carboxylic acids is 1. The highest BCUT2D eigenvalue weighted by Crippen LogP contribution is 2.37. The Hall–Kier alpha value is -1.39. The molecular formula is C15H19NO3. The second-order valence-electron chi connectivity index (χ2n) is 5.32. The van der Waals surface area contributed by atoms with Gasteiger partial charge < -0.3 is 9.84 Å². The van der Waals surface area contributed by atoms with Crippen LogP contribution >= 0.6 is 0 Å². The van der Waals surface area contributed by atoms with E-state index in [2.05, 4.69) is 29.2 Å². The lowest BCUT2D eigenvalue weighted by Gasteiger charge is -2.39. The zero-order valence-corrected chi connectivity index (χ0v) is 10.9. The normalized spacial score (nSPS) is 27.2. The largest absolute Gasteiger partial charge is 0.481 e. The van der Waals surface area contributed by atoms with Crippen LogP contribution in [0.25, 0.3) is 0 Å². The highest BCUT2D eigenvalue weighted by Gasteiger charge is 2.34. The molecule has 0 spiro atoms. The Morgan fingerprint density at radius 1 is 1.42 bits per heavy atom. The number of benzene rings is 1. The first-order chi connectivity index (χ1) is 9.25. The molecule has 1 aromatic carbocycles. The summed E-state index contributed by atoms with van der Waals surface area (Å²) in [6.07, 6.45) is 2.35. The van der Waals surface area contributed by atoms with Gasteiger partial charge in [-0.05, 0) is 24.0 Å². The zero-order chi connectivity index (χ0) is 13.2. The highest BCUT2D eigenvalue weighted by atomic mass is 16.5. The number of carbonyl (C=O) groups is 1. The zero-order valence-electron chi connectivity index (χ0n) is 10.9. The number of carboxylic acid groups (broad SMARTS) is 1. The second kappa shape index (κ2) is 5.31. The average molecular weight is 261 g/mol. The molecule has 1 saturated heterocycles. The van der Waals surface area contributed by atoms with Gasteiger partial charge in [-0.1, -0.05) is 24.3 Å². The van der Waals surface area contributed by atoms with Gasteiger partial charge in [0.05, 0.1) is 19.6 Å². The summed E-state index contributed by atoms with van der Waals surface area (Å²) in [6, 6.07) is 8.88. The van der Waals surface area contributed by atoms with Crippen LogP contribution in [-0.4, -0.2) is 41.8 Å². The van der Waals surface area contributed by atoms with Gasteiger partial charge >= 0.3 is 5.97 Å². The van der Waals surface area contributed by atoms with Crippen LogP contribution in [0.15, 0.2) is 24.3 Å². The number of carboxylic acids is 1. The van der Waals surface area contributed by atoms with E-state index in [1.807, 2.05) is 0 Å². The maximum absolute atomic E-state index is 11.0. The van der Waals surface area contributed by atoms with Crippen molar-refractivity contribution in [2.24, 2.45) is 0 Å². The summed E-state index contributed by atoms with van der Waals surface area (Å²) in [4.78, 5) is 13.3. The van der Waals surface area contributed by atoms with Gasteiger partial charge in [0.2, 0.25) is 0 Å². The molecule has 0 bridgehead atoms. The summed E-state index contributed by atoms with van der Waals surface area (Å²) in [7, 11) is 0. The molecule has 1 N–H and O–H groups in total. The van der Waals surface area contributed by atoms with E-state index < -0.39 is 5.97 Å². The highest BCUT2D eigenvalue weighted by molar-refractivity contribution is 5.67. The first-order valence-corrected chi connectivity index (χ1v) is 6.89. The van der Waals surface area contributed by atoms with E-state index in [0.717, 1.165) is 19.4 Å². The van der Waals surface area contributed by atoms with Crippen molar-refractivity contribution in [2.75, 3.05) is 19.8 Å². The molecule has 1 aromatic rings. The molecule has 0 aromatic heterocycles. The lowest BCUT2D eigenvalue weighted by atomic mass is 10.0. The van der Waals surface area contributed by atoms with Crippen molar-refractivity contribution >= 4 is 5.97 Å². The van der Waals surface area contributed by atoms with E-state index in [0.29, 0.717) is 19.3 Å². The molecule has 4 heteroatoms. The van der Waals surface area contributed by atoms with Crippen molar-refractivity contribution < 1.29 is 14.6 Å². The third-order valence-electron chi connectivity index (χ3n) is 4.18. The molecule has 1 aliphatic heterocycles. The minimum Gasteiger partial charge on any atom is -0.481 e. The van der Waals surface area contributed by atoms with Crippen molar-refractivity contribution in [1.29, 1.82) is 0 Å². The van der Waals surface area contributed by atoms with Crippen LogP contribution in [0.4, 0.5) is 0 Å². The predicted octanol–water partition coefficient (Wildman–Crippen LogP) is 1.85. The van der Waals surface area contributed by atoms with Gasteiger partial charge in [-0.15, -0.1) is 0 Å². The molecule has 0 radical (unpaired) electrons. The lowest BCUT2D eigenvalue weighted by molar-refractivity contribution is -0.141. The van der Waals surface area contributed by atoms with E-state index in [1.54, 1.807) is 0 Å². The number of hydrogen-bond donors (Lipinski definition) is 1. The summed E-state index contributed by atoms with van der Waals surface area (Å²) in [5.41, 5.74) is 2.79. The third-order valence-corrected chi connectivity index (χ3v) is 4.18. The minimum absolute atomic E-state index is 0.00223. The smallest absolute Gasteiger partial charge is 0.305 e. The van der Waals surface area contributed by atoms with Crippen molar-refractivity contribution in [3.8, 4) is 0 Å². The summed E-state index contributed by atoms with van der Waals surface area (Å²) in [5, 5.41) is 9.04. The number of hydrogen-bond acceptors (Lipinski definition) is 3. The summed E-state index contributed by atoms with van der Waals surface area (Å²) >= 11 is 0. The van der Waals surface area contributed by atoms with E-state index in [9.17, 15) is 4.79 Å². The number of ether oxygens (including phenoxy) is 1. The molecule has 2 atom stereocenters. The van der Waals surface area contributed by atoms with Crippen LogP contribution in [-0.2, 0) is 16.0 Å². The van der Waals surface area contributed by atoms with Gasteiger partial charge in [-0.25, -0.2) is 0 Å². The molecule has 1 fully saturated rings. The van der Waals surface area contributed by atoms with E-state index >= 15 is 0 Å². The fraction of sp³-hybridized carbons (Fsp3) is 0.533. The van der Waals surface area contributed by atoms with Crippen LogP contribution in [0.1, 0.15) is 30.0 Å². The number of rotatable bonds is 3. The van der Waals surface area contributed by atoms with Crippen molar-refractivity contribution in [3.63, 3.8) is 0 Å². The molecule has 2 unspecified atom stereocenters. The molecule has 0 saturated carbocycles. The van der Waals surface area contributed by atoms with Crippen LogP contribution in [0.2, 0.25) is 0 Å². The Morgan fingerprint density at radius 3 is 3.11 bits per heavy atom. The summed E-state index contributed by atoms with van der Waals surface area (Å²) < 4.78 is 5.46. The van der Waals surface area contributed by atoms with Gasteiger partial charge in [-0.2, -0.15) is 0 Å². The van der Waals surface area contributed by atoms with Crippen LogP contribution < -0.4 is 0 Å². The van der Waals surface area contributed by atoms with Gasteiger partial charge in [0, 0.05) is 18.6 Å². The summed E-state index contributed by atoms with van der Waals surface area (Å²) in [6.45, 7) is 2.07. The van der Waals surface area contributed by atoms with Crippen molar-refractivity contribution in [1.82, 2.24) is 4.90 Å². The standard InChI is InChI=1S/C15H19NO3/c17-15(18)9-12-10-19-8-7-16(12)14-6-5-11-3-1-2-4-13(11)14/h1-4,12,14H,5-10H2,(H,17,18). The van der Waals surface area contributed by atoms with Gasteiger partial charge in [0.15, 0.2) is 0 Å². The minimum atomic E-state index is -0.744. The van der Waals surface area contributed by atoms with Crippen LogP contribution in [0.5, 0.6) is 0 Å². The van der Waals surface area contributed by atoms with Gasteiger partial charge in [-0.3, -0.25) is 9.69 Å². The molecule has 3 rings (SSSR count). The van der Waals surface area contributed by atoms with Crippen molar-refractivity contribution in [3.05, 3.63) is 35.4 Å². The van der Waals surface area contributed by atoms with Gasteiger partial charge in [0.25, 0.3) is 0 Å². The number of morpholine rings is 1. The van der Waals surface area contributed by atoms with Crippen LogP contribution in [0.3, 0.4) is 0 Å². The second-order valence-corrected chi connectivity index (χ2v) is 5.32. The topological polar surface area (TPSA) is 49.8 Å². The van der Waals surface area contributed by atoms with E-state index in [4.69, 9.17) is 9.84 Å². The maximum Gasteiger partial charge on any atom is 0.305 e. The van der Waals surface area contributed by atoms with E-state index in [-0.39, 0.29) is 12.5 Å². The Labute approximate surface area is 113 Å². The lowest BCUT2D eigenvalue weighted by Crippen LogP contribution is -2.47. The molecule has 0 amide bonds. The molecule has 1 aliphatic carbocycles. The molecule has 102 valence electrons. The van der Waals surface area contributed by atoms with E-state index in [1.165, 1.54) is 11.1 Å². The van der Waals surface area contributed by atoms with Crippen molar-refractivity contribution in [2.45, 2.75) is 31.3 Å². The Kier molecular flexibility index (Phi) is 3.53. The third kappa shape index (κ3) is 2.51. The SMILES string of the molecule is O=C(O)CC1COCCN1C1CCc2ccccc21. The fourth-order valence-electron chi connectivity index (χ4n) is 3.33. The fourth-order valence-corrected chi connectivity index (χ4v) is 3.33. The number of aryl methyl sites for hydroxylation is 1. The molecule has 1 heterocycles. The quantitative estimate of drug-likeness (QED) is 0.902. The molecular weight excluding hydrogens is 242 g/mol. The Bertz CT molecular complexity index is 474. The summed E-state index contributed by atoms with van der Waals surface area (Å²) in [5.74, 6) is -0.744. The molecule has 19 heavy (non-hydrogen) atoms. The Morgan fingerprint density at radius 2 is 2.26 bits per heavy atom. The maximum atomic E-state index is 11.0.